The number of nitrogens with zero attached hydrogens (tertiary/aromatic N) is 2. The molecule has 92 valence electrons. The predicted molar refractivity (Wildman–Crippen MR) is 73.8 cm³/mol. The summed E-state index contributed by atoms with van der Waals surface area (Å²) >= 11 is 0. The van der Waals surface area contributed by atoms with Gasteiger partial charge in [-0.2, -0.15) is 0 Å². The van der Waals surface area contributed by atoms with Crippen LogP contribution in [0.25, 0.3) is 33.5 Å². The van der Waals surface area contributed by atoms with Gasteiger partial charge in [-0.3, -0.25) is 0 Å². The molecule has 19 heavy (non-hydrogen) atoms. The molecule has 1 aromatic carbocycles. The second-order valence-electron chi connectivity index (χ2n) is 4.56. The Labute approximate surface area is 109 Å². The quantitative estimate of drug-likeness (QED) is 0.560. The number of aromatic nitrogens is 3. The highest BCUT2D eigenvalue weighted by Crippen LogP contribution is 2.29. The molecule has 4 rings (SSSR count). The SMILES string of the molecule is Cc1ccnc2nc(-c3coc4ccccc34)[nH]c12. The highest BCUT2D eigenvalue weighted by molar-refractivity contribution is 5.93. The largest absolute Gasteiger partial charge is 0.464 e. The van der Waals surface area contributed by atoms with E-state index in [1.807, 2.05) is 37.3 Å². The Hall–Kier alpha value is -2.62. The van der Waals surface area contributed by atoms with Crippen LogP contribution in [-0.2, 0) is 0 Å². The number of benzene rings is 1. The summed E-state index contributed by atoms with van der Waals surface area (Å²) in [6, 6.07) is 9.90. The first kappa shape index (κ1) is 10.3. The predicted octanol–water partition coefficient (Wildman–Crippen LogP) is 3.68. The van der Waals surface area contributed by atoms with E-state index in [9.17, 15) is 0 Å². The molecule has 4 aromatic rings. The summed E-state index contributed by atoms with van der Waals surface area (Å²) in [5, 5.41) is 1.05. The van der Waals surface area contributed by atoms with E-state index in [4.69, 9.17) is 4.42 Å². The molecule has 1 N–H and O–H groups in total. The molecule has 3 heterocycles. The zero-order valence-electron chi connectivity index (χ0n) is 10.3. The molecule has 0 saturated heterocycles. The van der Waals surface area contributed by atoms with Gasteiger partial charge in [0.1, 0.15) is 17.7 Å². The molecular weight excluding hydrogens is 238 g/mol. The van der Waals surface area contributed by atoms with Crippen LogP contribution in [0.5, 0.6) is 0 Å². The van der Waals surface area contributed by atoms with Crippen LogP contribution in [0.4, 0.5) is 0 Å². The third-order valence-corrected chi connectivity index (χ3v) is 3.34. The Bertz CT molecular complexity index is 889. The fourth-order valence-electron chi connectivity index (χ4n) is 2.32. The van der Waals surface area contributed by atoms with Crippen LogP contribution in [0.3, 0.4) is 0 Å². The van der Waals surface area contributed by atoms with Gasteiger partial charge in [-0.15, -0.1) is 0 Å². The Morgan fingerprint density at radius 3 is 2.95 bits per heavy atom. The normalized spacial score (nSPS) is 11.4. The van der Waals surface area contributed by atoms with Crippen LogP contribution in [0.1, 0.15) is 5.56 Å². The number of imidazole rings is 1. The second-order valence-corrected chi connectivity index (χ2v) is 4.56. The minimum Gasteiger partial charge on any atom is -0.464 e. The lowest BCUT2D eigenvalue weighted by Gasteiger charge is -1.92. The van der Waals surface area contributed by atoms with E-state index in [0.717, 1.165) is 39.1 Å². The monoisotopic (exact) mass is 249 g/mol. The first-order chi connectivity index (χ1) is 9.33. The molecule has 0 fully saturated rings. The van der Waals surface area contributed by atoms with E-state index >= 15 is 0 Å². The van der Waals surface area contributed by atoms with Gasteiger partial charge in [0.05, 0.1) is 11.1 Å². The van der Waals surface area contributed by atoms with E-state index in [1.165, 1.54) is 0 Å². The lowest BCUT2D eigenvalue weighted by Crippen LogP contribution is -1.78. The molecule has 0 bridgehead atoms. The molecular formula is C15H11N3O. The first-order valence-electron chi connectivity index (χ1n) is 6.11. The van der Waals surface area contributed by atoms with Crippen molar-refractivity contribution < 1.29 is 4.42 Å². The maximum absolute atomic E-state index is 5.55. The molecule has 0 spiro atoms. The zero-order valence-corrected chi connectivity index (χ0v) is 10.3. The van der Waals surface area contributed by atoms with Crippen molar-refractivity contribution >= 4 is 22.1 Å². The number of furan rings is 1. The lowest BCUT2D eigenvalue weighted by atomic mass is 10.2. The van der Waals surface area contributed by atoms with E-state index < -0.39 is 0 Å². The lowest BCUT2D eigenvalue weighted by molar-refractivity contribution is 0.616. The topological polar surface area (TPSA) is 54.7 Å². The maximum Gasteiger partial charge on any atom is 0.178 e. The summed E-state index contributed by atoms with van der Waals surface area (Å²) < 4.78 is 5.55. The van der Waals surface area contributed by atoms with Crippen molar-refractivity contribution in [2.45, 2.75) is 6.92 Å². The maximum atomic E-state index is 5.55. The molecule has 0 radical (unpaired) electrons. The van der Waals surface area contributed by atoms with Gasteiger partial charge in [-0.05, 0) is 24.6 Å². The van der Waals surface area contributed by atoms with Crippen LogP contribution in [0, 0.1) is 6.92 Å². The van der Waals surface area contributed by atoms with Gasteiger partial charge in [0.15, 0.2) is 5.65 Å². The minimum absolute atomic E-state index is 0.736. The van der Waals surface area contributed by atoms with Crippen LogP contribution >= 0.6 is 0 Å². The molecule has 0 aliphatic rings. The number of rotatable bonds is 1. The highest BCUT2D eigenvalue weighted by Gasteiger charge is 2.12. The highest BCUT2D eigenvalue weighted by atomic mass is 16.3. The summed E-state index contributed by atoms with van der Waals surface area (Å²) in [6.07, 6.45) is 3.51. The van der Waals surface area contributed by atoms with Crippen molar-refractivity contribution in [2.24, 2.45) is 0 Å². The van der Waals surface area contributed by atoms with Crippen LogP contribution in [0.2, 0.25) is 0 Å². The third-order valence-electron chi connectivity index (χ3n) is 3.34. The summed E-state index contributed by atoms with van der Waals surface area (Å²) in [5.74, 6) is 0.793. The summed E-state index contributed by atoms with van der Waals surface area (Å²) in [4.78, 5) is 12.1. The van der Waals surface area contributed by atoms with Gasteiger partial charge in [0.25, 0.3) is 0 Å². The van der Waals surface area contributed by atoms with Crippen molar-refractivity contribution in [3.8, 4) is 11.4 Å². The fourth-order valence-corrected chi connectivity index (χ4v) is 2.32. The number of hydrogen-bond donors (Lipinski definition) is 1. The molecule has 0 unspecified atom stereocenters. The number of fused-ring (bicyclic) bond motifs is 2. The summed E-state index contributed by atoms with van der Waals surface area (Å²) in [7, 11) is 0. The van der Waals surface area contributed by atoms with Crippen LogP contribution in [-0.4, -0.2) is 15.0 Å². The Morgan fingerprint density at radius 1 is 1.16 bits per heavy atom. The van der Waals surface area contributed by atoms with Gasteiger partial charge >= 0.3 is 0 Å². The number of aromatic amines is 1. The molecule has 4 heteroatoms. The summed E-state index contributed by atoms with van der Waals surface area (Å²) in [6.45, 7) is 2.04. The number of nitrogens with one attached hydrogen (secondary N) is 1. The van der Waals surface area contributed by atoms with Gasteiger partial charge in [-0.1, -0.05) is 18.2 Å². The third kappa shape index (κ3) is 1.46. The van der Waals surface area contributed by atoms with E-state index in [2.05, 4.69) is 15.0 Å². The van der Waals surface area contributed by atoms with Crippen molar-refractivity contribution in [1.82, 2.24) is 15.0 Å². The average molecular weight is 249 g/mol. The van der Waals surface area contributed by atoms with E-state index in [1.54, 1.807) is 12.5 Å². The van der Waals surface area contributed by atoms with E-state index in [0.29, 0.717) is 0 Å². The molecule has 0 atom stereocenters. The molecule has 0 aliphatic heterocycles. The van der Waals surface area contributed by atoms with Crippen molar-refractivity contribution in [3.05, 3.63) is 48.4 Å². The summed E-state index contributed by atoms with van der Waals surface area (Å²) in [5.41, 5.74) is 4.68. The first-order valence-corrected chi connectivity index (χ1v) is 6.11. The smallest absolute Gasteiger partial charge is 0.178 e. The number of H-pyrrole nitrogens is 1. The molecule has 3 aromatic heterocycles. The second kappa shape index (κ2) is 3.68. The van der Waals surface area contributed by atoms with Crippen LogP contribution in [0.15, 0.2) is 47.2 Å². The van der Waals surface area contributed by atoms with Gasteiger partial charge in [0.2, 0.25) is 0 Å². The molecule has 0 amide bonds. The van der Waals surface area contributed by atoms with Crippen LogP contribution < -0.4 is 0 Å². The molecule has 0 saturated carbocycles. The fraction of sp³-hybridized carbons (Fsp3) is 0.0667. The van der Waals surface area contributed by atoms with Gasteiger partial charge in [-0.25, -0.2) is 9.97 Å². The van der Waals surface area contributed by atoms with E-state index in [-0.39, 0.29) is 0 Å². The van der Waals surface area contributed by atoms with Gasteiger partial charge in [0, 0.05) is 11.6 Å². The number of aryl methyl sites for hydroxylation is 1. The zero-order chi connectivity index (χ0) is 12.8. The number of hydrogen-bond acceptors (Lipinski definition) is 3. The van der Waals surface area contributed by atoms with Crippen molar-refractivity contribution in [3.63, 3.8) is 0 Å². The Kier molecular flexibility index (Phi) is 2.00. The van der Waals surface area contributed by atoms with Crippen molar-refractivity contribution in [1.29, 1.82) is 0 Å². The Morgan fingerprint density at radius 2 is 2.05 bits per heavy atom. The average Bonchev–Trinajstić information content (AvgIpc) is 3.02. The Balaban J connectivity index is 2.02. The number of para-hydroxylation sites is 1. The molecule has 0 aliphatic carbocycles. The standard InChI is InChI=1S/C15H11N3O/c1-9-6-7-16-15-13(9)17-14(18-15)11-8-19-12-5-3-2-4-10(11)12/h2-8H,1H3,(H,16,17,18). The van der Waals surface area contributed by atoms with Crippen molar-refractivity contribution in [2.75, 3.05) is 0 Å². The van der Waals surface area contributed by atoms with Gasteiger partial charge < -0.3 is 9.40 Å². The minimum atomic E-state index is 0.736. The molecule has 4 nitrogen and oxygen atoms in total. The number of pyridine rings is 1.